The first-order valence-corrected chi connectivity index (χ1v) is 8.24. The van der Waals surface area contributed by atoms with Crippen LogP contribution in [0.5, 0.6) is 0 Å². The summed E-state index contributed by atoms with van der Waals surface area (Å²) in [6.45, 7) is 8.04. The quantitative estimate of drug-likeness (QED) is 0.658. The monoisotopic (exact) mass is 316 g/mol. The third-order valence-electron chi connectivity index (χ3n) is 3.58. The molecule has 2 aromatic rings. The van der Waals surface area contributed by atoms with Gasteiger partial charge in [0.25, 0.3) is 0 Å². The van der Waals surface area contributed by atoms with E-state index in [-0.39, 0.29) is 5.41 Å². The number of benzene rings is 1. The van der Waals surface area contributed by atoms with Crippen LogP contribution in [0.3, 0.4) is 0 Å². The minimum absolute atomic E-state index is 0.0416. The first kappa shape index (κ1) is 16.5. The lowest BCUT2D eigenvalue weighted by molar-refractivity contribution is 0.508. The highest BCUT2D eigenvalue weighted by Gasteiger charge is 2.20. The Balaban J connectivity index is 1.88. The van der Waals surface area contributed by atoms with Gasteiger partial charge in [-0.2, -0.15) is 0 Å². The Morgan fingerprint density at radius 3 is 2.55 bits per heavy atom. The van der Waals surface area contributed by atoms with Gasteiger partial charge in [-0.05, 0) is 12.5 Å². The molecule has 1 heterocycles. The first-order chi connectivity index (χ1) is 10.5. The zero-order valence-electron chi connectivity index (χ0n) is 13.7. The average Bonchev–Trinajstić information content (AvgIpc) is 2.94. The fraction of sp³-hybridized carbons (Fsp3) is 0.412. The minimum atomic E-state index is 0.0416. The second-order valence-electron chi connectivity index (χ2n) is 5.87. The summed E-state index contributed by atoms with van der Waals surface area (Å²) in [5.74, 6) is 0.815. The van der Waals surface area contributed by atoms with E-state index in [2.05, 4.69) is 58.7 Å². The lowest BCUT2D eigenvalue weighted by atomic mass is 9.85. The van der Waals surface area contributed by atoms with Gasteiger partial charge in [0.15, 0.2) is 5.96 Å². The van der Waals surface area contributed by atoms with Crippen LogP contribution in [-0.4, -0.2) is 24.5 Å². The molecule has 5 heteroatoms. The summed E-state index contributed by atoms with van der Waals surface area (Å²) in [5.41, 5.74) is 1.36. The molecule has 0 aliphatic heterocycles. The van der Waals surface area contributed by atoms with Crippen molar-refractivity contribution in [3.05, 3.63) is 52.0 Å². The van der Waals surface area contributed by atoms with Crippen LogP contribution < -0.4 is 10.6 Å². The SMILES string of the molecule is CN=C(NCc1cnc(C)s1)NCC(C)(C)c1ccccc1. The molecule has 0 amide bonds. The van der Waals surface area contributed by atoms with Gasteiger partial charge in [-0.1, -0.05) is 44.2 Å². The molecule has 0 saturated carbocycles. The molecule has 0 unspecified atom stereocenters. The molecule has 4 nitrogen and oxygen atoms in total. The van der Waals surface area contributed by atoms with E-state index in [4.69, 9.17) is 0 Å². The largest absolute Gasteiger partial charge is 0.356 e. The Bertz CT molecular complexity index is 617. The molecule has 2 N–H and O–H groups in total. The number of rotatable bonds is 5. The lowest BCUT2D eigenvalue weighted by Gasteiger charge is -2.26. The average molecular weight is 316 g/mol. The van der Waals surface area contributed by atoms with Crippen LogP contribution >= 0.6 is 11.3 Å². The van der Waals surface area contributed by atoms with E-state index < -0.39 is 0 Å². The molecular formula is C17H24N4S. The van der Waals surface area contributed by atoms with Crippen molar-refractivity contribution in [3.63, 3.8) is 0 Å². The second-order valence-corrected chi connectivity index (χ2v) is 7.19. The van der Waals surface area contributed by atoms with E-state index in [9.17, 15) is 0 Å². The van der Waals surface area contributed by atoms with E-state index in [1.165, 1.54) is 10.4 Å². The molecule has 0 bridgehead atoms. The molecule has 0 fully saturated rings. The molecule has 1 aromatic heterocycles. The van der Waals surface area contributed by atoms with E-state index in [1.54, 1.807) is 18.4 Å². The van der Waals surface area contributed by atoms with Gasteiger partial charge in [-0.25, -0.2) is 4.98 Å². The number of guanidine groups is 1. The van der Waals surface area contributed by atoms with Crippen LogP contribution in [0.15, 0.2) is 41.5 Å². The van der Waals surface area contributed by atoms with Crippen molar-refractivity contribution in [3.8, 4) is 0 Å². The van der Waals surface area contributed by atoms with Gasteiger partial charge >= 0.3 is 0 Å². The topological polar surface area (TPSA) is 49.3 Å². The number of aliphatic imine (C=N–C) groups is 1. The van der Waals surface area contributed by atoms with Gasteiger partial charge < -0.3 is 10.6 Å². The molecule has 22 heavy (non-hydrogen) atoms. The zero-order chi connectivity index (χ0) is 16.0. The van der Waals surface area contributed by atoms with Crippen molar-refractivity contribution in [2.24, 2.45) is 4.99 Å². The highest BCUT2D eigenvalue weighted by atomic mass is 32.1. The third kappa shape index (κ3) is 4.56. The molecule has 0 aliphatic rings. The first-order valence-electron chi connectivity index (χ1n) is 7.42. The molecule has 0 atom stereocenters. The summed E-state index contributed by atoms with van der Waals surface area (Å²) in [5, 5.41) is 7.83. The molecule has 0 radical (unpaired) electrons. The number of thiazole rings is 1. The van der Waals surface area contributed by atoms with Gasteiger partial charge in [0.05, 0.1) is 11.6 Å². The molecule has 0 aliphatic carbocycles. The van der Waals surface area contributed by atoms with Gasteiger partial charge in [0.1, 0.15) is 0 Å². The molecule has 1 aromatic carbocycles. The van der Waals surface area contributed by atoms with Crippen molar-refractivity contribution in [2.75, 3.05) is 13.6 Å². The van der Waals surface area contributed by atoms with Crippen molar-refractivity contribution in [1.29, 1.82) is 0 Å². The highest BCUT2D eigenvalue weighted by Crippen LogP contribution is 2.21. The summed E-state index contributed by atoms with van der Waals surface area (Å²) in [7, 11) is 1.79. The van der Waals surface area contributed by atoms with E-state index >= 15 is 0 Å². The van der Waals surface area contributed by atoms with E-state index in [0.717, 1.165) is 24.1 Å². The highest BCUT2D eigenvalue weighted by molar-refractivity contribution is 7.11. The van der Waals surface area contributed by atoms with Crippen molar-refractivity contribution < 1.29 is 0 Å². The van der Waals surface area contributed by atoms with Crippen molar-refractivity contribution >= 4 is 17.3 Å². The lowest BCUT2D eigenvalue weighted by Crippen LogP contribution is -2.43. The number of hydrogen-bond acceptors (Lipinski definition) is 3. The normalized spacial score (nSPS) is 12.3. The maximum atomic E-state index is 4.29. The van der Waals surface area contributed by atoms with Crippen LogP contribution in [-0.2, 0) is 12.0 Å². The van der Waals surface area contributed by atoms with E-state index in [1.807, 2.05) is 19.2 Å². The Hall–Kier alpha value is -1.88. The number of nitrogens with one attached hydrogen (secondary N) is 2. The Kier molecular flexibility index (Phi) is 5.55. The van der Waals surface area contributed by atoms with Crippen LogP contribution in [0, 0.1) is 6.92 Å². The standard InChI is InChI=1S/C17H24N4S/c1-13-19-10-15(22-13)11-20-16(18-4)21-12-17(2,3)14-8-6-5-7-9-14/h5-10H,11-12H2,1-4H3,(H2,18,20,21). The molecule has 118 valence electrons. The minimum Gasteiger partial charge on any atom is -0.356 e. The zero-order valence-corrected chi connectivity index (χ0v) is 14.5. The fourth-order valence-corrected chi connectivity index (χ4v) is 2.91. The van der Waals surface area contributed by atoms with Crippen LogP contribution in [0.25, 0.3) is 0 Å². The maximum Gasteiger partial charge on any atom is 0.191 e. The summed E-state index contributed by atoms with van der Waals surface area (Å²) >= 11 is 1.70. The second kappa shape index (κ2) is 7.40. The van der Waals surface area contributed by atoms with E-state index in [0.29, 0.717) is 0 Å². The number of aryl methyl sites for hydroxylation is 1. The maximum absolute atomic E-state index is 4.29. The summed E-state index contributed by atoms with van der Waals surface area (Å²) in [6.07, 6.45) is 1.91. The fourth-order valence-electron chi connectivity index (χ4n) is 2.17. The van der Waals surface area contributed by atoms with Gasteiger partial charge in [0, 0.05) is 30.1 Å². The van der Waals surface area contributed by atoms with Gasteiger partial charge in [0.2, 0.25) is 0 Å². The van der Waals surface area contributed by atoms with Crippen molar-refractivity contribution in [2.45, 2.75) is 32.7 Å². The molecule has 0 spiro atoms. The molecule has 0 saturated heterocycles. The molecular weight excluding hydrogens is 292 g/mol. The van der Waals surface area contributed by atoms with Gasteiger partial charge in [-0.15, -0.1) is 11.3 Å². The van der Waals surface area contributed by atoms with Crippen LogP contribution in [0.2, 0.25) is 0 Å². The smallest absolute Gasteiger partial charge is 0.191 e. The Morgan fingerprint density at radius 1 is 1.23 bits per heavy atom. The predicted molar refractivity (Wildman–Crippen MR) is 94.5 cm³/mol. The van der Waals surface area contributed by atoms with Crippen LogP contribution in [0.1, 0.15) is 29.3 Å². The summed E-state index contributed by atoms with van der Waals surface area (Å²) < 4.78 is 0. The Labute approximate surface area is 136 Å². The predicted octanol–water partition coefficient (Wildman–Crippen LogP) is 3.09. The summed E-state index contributed by atoms with van der Waals surface area (Å²) in [6, 6.07) is 10.5. The Morgan fingerprint density at radius 2 is 1.95 bits per heavy atom. The van der Waals surface area contributed by atoms with Gasteiger partial charge in [-0.3, -0.25) is 4.99 Å². The third-order valence-corrected chi connectivity index (χ3v) is 4.49. The number of hydrogen-bond donors (Lipinski definition) is 2. The summed E-state index contributed by atoms with van der Waals surface area (Å²) in [4.78, 5) is 9.76. The molecule has 2 rings (SSSR count). The number of aromatic nitrogens is 1. The van der Waals surface area contributed by atoms with Crippen molar-refractivity contribution in [1.82, 2.24) is 15.6 Å². The van der Waals surface area contributed by atoms with Crippen LogP contribution in [0.4, 0.5) is 0 Å². The number of nitrogens with zero attached hydrogens (tertiary/aromatic N) is 2.